The number of benzene rings is 2. The highest BCUT2D eigenvalue weighted by Crippen LogP contribution is 2.34. The average molecular weight is 391 g/mol. The molecule has 150 valence electrons. The minimum atomic E-state index is -0.0757. The van der Waals surface area contributed by atoms with Crippen LogP contribution in [0.4, 0.5) is 16.3 Å². The molecule has 2 amide bonds. The minimum Gasteiger partial charge on any atom is -0.381 e. The van der Waals surface area contributed by atoms with Crippen LogP contribution in [0.1, 0.15) is 36.9 Å². The van der Waals surface area contributed by atoms with Crippen LogP contribution in [-0.2, 0) is 11.3 Å². The molecule has 3 heterocycles. The number of H-pyrrole nitrogens is 1. The molecule has 1 aromatic heterocycles. The first-order valence-electron chi connectivity index (χ1n) is 10.2. The minimum absolute atomic E-state index is 0.00997. The van der Waals surface area contributed by atoms with Crippen molar-refractivity contribution >= 4 is 28.4 Å². The van der Waals surface area contributed by atoms with E-state index in [0.29, 0.717) is 12.6 Å². The molecule has 1 saturated heterocycles. The maximum Gasteiger partial charge on any atom is 0.322 e. The summed E-state index contributed by atoms with van der Waals surface area (Å²) in [5.41, 5.74) is 3.98. The maximum absolute atomic E-state index is 12.7. The number of nitrogens with zero attached hydrogens (tertiary/aromatic N) is 2. The van der Waals surface area contributed by atoms with E-state index in [4.69, 9.17) is 4.74 Å². The second-order valence-electron chi connectivity index (χ2n) is 7.80. The zero-order valence-electron chi connectivity index (χ0n) is 16.4. The SMILES string of the molecule is C[C@H](c1ccccc1)N1Cc2cc3c(NC4CCOCC4)n[nH]c3cc2NC1=O. The molecule has 0 saturated carbocycles. The van der Waals surface area contributed by atoms with Crippen LogP contribution in [0.15, 0.2) is 42.5 Å². The number of amides is 2. The Balaban J connectivity index is 1.43. The lowest BCUT2D eigenvalue weighted by molar-refractivity contribution is 0.0904. The first kappa shape index (κ1) is 18.0. The van der Waals surface area contributed by atoms with Gasteiger partial charge in [-0.3, -0.25) is 5.10 Å². The van der Waals surface area contributed by atoms with Gasteiger partial charge in [0, 0.05) is 30.3 Å². The van der Waals surface area contributed by atoms with Crippen LogP contribution in [0.2, 0.25) is 0 Å². The van der Waals surface area contributed by atoms with Crippen molar-refractivity contribution in [3.8, 4) is 0 Å². The molecule has 5 rings (SSSR count). The average Bonchev–Trinajstić information content (AvgIpc) is 3.14. The highest BCUT2D eigenvalue weighted by Gasteiger charge is 2.28. The van der Waals surface area contributed by atoms with Crippen LogP contribution in [0, 0.1) is 0 Å². The van der Waals surface area contributed by atoms with Gasteiger partial charge in [-0.15, -0.1) is 0 Å². The third kappa shape index (κ3) is 3.42. The lowest BCUT2D eigenvalue weighted by atomic mass is 10.0. The Hall–Kier alpha value is -3.06. The molecule has 3 aromatic rings. The zero-order valence-corrected chi connectivity index (χ0v) is 16.4. The van der Waals surface area contributed by atoms with Gasteiger partial charge in [-0.05, 0) is 43.0 Å². The monoisotopic (exact) mass is 391 g/mol. The van der Waals surface area contributed by atoms with Gasteiger partial charge in [0.15, 0.2) is 5.82 Å². The van der Waals surface area contributed by atoms with Crippen molar-refractivity contribution in [2.45, 2.75) is 38.4 Å². The third-order valence-corrected chi connectivity index (χ3v) is 5.94. The fourth-order valence-corrected chi connectivity index (χ4v) is 4.17. The van der Waals surface area contributed by atoms with Gasteiger partial charge in [0.05, 0.1) is 18.1 Å². The van der Waals surface area contributed by atoms with Gasteiger partial charge < -0.3 is 20.3 Å². The number of hydrogen-bond acceptors (Lipinski definition) is 4. The predicted molar refractivity (Wildman–Crippen MR) is 113 cm³/mol. The van der Waals surface area contributed by atoms with Crippen molar-refractivity contribution in [2.24, 2.45) is 0 Å². The second-order valence-corrected chi connectivity index (χ2v) is 7.80. The van der Waals surface area contributed by atoms with Crippen LogP contribution >= 0.6 is 0 Å². The van der Waals surface area contributed by atoms with Gasteiger partial charge in [-0.25, -0.2) is 4.79 Å². The molecule has 2 aliphatic rings. The van der Waals surface area contributed by atoms with Crippen molar-refractivity contribution < 1.29 is 9.53 Å². The first-order chi connectivity index (χ1) is 14.2. The van der Waals surface area contributed by atoms with E-state index in [2.05, 4.69) is 46.0 Å². The normalized spacial score (nSPS) is 18.4. The number of rotatable bonds is 4. The second kappa shape index (κ2) is 7.40. The summed E-state index contributed by atoms with van der Waals surface area (Å²) in [4.78, 5) is 14.6. The Morgan fingerprint density at radius 1 is 1.21 bits per heavy atom. The highest BCUT2D eigenvalue weighted by molar-refractivity contribution is 5.99. The van der Waals surface area contributed by atoms with Crippen LogP contribution < -0.4 is 10.6 Å². The van der Waals surface area contributed by atoms with E-state index in [9.17, 15) is 4.79 Å². The summed E-state index contributed by atoms with van der Waals surface area (Å²) in [6, 6.07) is 14.5. The van der Waals surface area contributed by atoms with Crippen LogP contribution in [0.25, 0.3) is 10.9 Å². The van der Waals surface area contributed by atoms with Gasteiger partial charge >= 0.3 is 6.03 Å². The summed E-state index contributed by atoms with van der Waals surface area (Å²) in [5, 5.41) is 15.2. The molecule has 0 unspecified atom stereocenters. The van der Waals surface area contributed by atoms with E-state index in [1.54, 1.807) is 0 Å². The molecule has 0 radical (unpaired) electrons. The first-order valence-corrected chi connectivity index (χ1v) is 10.2. The summed E-state index contributed by atoms with van der Waals surface area (Å²) in [5.74, 6) is 0.870. The molecule has 2 aromatic carbocycles. The quantitative estimate of drug-likeness (QED) is 0.621. The van der Waals surface area contributed by atoms with E-state index in [0.717, 1.165) is 59.6 Å². The molecular formula is C22H25N5O2. The molecule has 29 heavy (non-hydrogen) atoms. The van der Waals surface area contributed by atoms with Gasteiger partial charge in [0.2, 0.25) is 0 Å². The Morgan fingerprint density at radius 2 is 2.00 bits per heavy atom. The smallest absolute Gasteiger partial charge is 0.322 e. The summed E-state index contributed by atoms with van der Waals surface area (Å²) < 4.78 is 5.45. The number of carbonyl (C=O) groups is 1. The highest BCUT2D eigenvalue weighted by atomic mass is 16.5. The van der Waals surface area contributed by atoms with Gasteiger partial charge in [0.1, 0.15) is 0 Å². The summed E-state index contributed by atoms with van der Waals surface area (Å²) in [7, 11) is 0. The van der Waals surface area contributed by atoms with Crippen LogP contribution in [0.3, 0.4) is 0 Å². The van der Waals surface area contributed by atoms with E-state index < -0.39 is 0 Å². The van der Waals surface area contributed by atoms with Crippen LogP contribution in [0.5, 0.6) is 0 Å². The number of urea groups is 1. The number of fused-ring (bicyclic) bond motifs is 2. The largest absolute Gasteiger partial charge is 0.381 e. The van der Waals surface area contributed by atoms with Gasteiger partial charge in [-0.1, -0.05) is 30.3 Å². The summed E-state index contributed by atoms with van der Waals surface area (Å²) >= 11 is 0. The predicted octanol–water partition coefficient (Wildman–Crippen LogP) is 4.26. The zero-order chi connectivity index (χ0) is 19.8. The number of carbonyl (C=O) groups excluding carboxylic acids is 1. The number of hydrogen-bond donors (Lipinski definition) is 3. The van der Waals surface area contributed by atoms with Crippen molar-refractivity contribution in [3.63, 3.8) is 0 Å². The number of nitrogens with one attached hydrogen (secondary N) is 3. The standard InChI is InChI=1S/C22H25N5O2/c1-14(15-5-3-2-4-6-15)27-13-16-11-18-20(12-19(16)24-22(27)28)25-26-21(18)23-17-7-9-29-10-8-17/h2-6,11-12,14,17H,7-10,13H2,1H3,(H,24,28)(H2,23,25,26)/t14-/m1/s1. The van der Waals surface area contributed by atoms with Gasteiger partial charge in [0.25, 0.3) is 0 Å². The van der Waals surface area contributed by atoms with E-state index in [1.165, 1.54) is 0 Å². The summed E-state index contributed by atoms with van der Waals surface area (Å²) in [6.07, 6.45) is 1.97. The maximum atomic E-state index is 12.7. The van der Waals surface area contributed by atoms with Crippen molar-refractivity contribution in [1.82, 2.24) is 15.1 Å². The van der Waals surface area contributed by atoms with Crippen molar-refractivity contribution in [2.75, 3.05) is 23.8 Å². The Morgan fingerprint density at radius 3 is 2.79 bits per heavy atom. The molecule has 1 atom stereocenters. The topological polar surface area (TPSA) is 82.3 Å². The molecule has 7 heteroatoms. The van der Waals surface area contributed by atoms with Crippen LogP contribution in [-0.4, -0.2) is 40.4 Å². The van der Waals surface area contributed by atoms with Gasteiger partial charge in [-0.2, -0.15) is 5.10 Å². The number of aromatic nitrogens is 2. The molecule has 0 bridgehead atoms. The molecule has 1 fully saturated rings. The Kier molecular flexibility index (Phi) is 4.60. The number of aromatic amines is 1. The molecule has 3 N–H and O–H groups in total. The van der Waals surface area contributed by atoms with E-state index in [-0.39, 0.29) is 12.1 Å². The molecule has 0 spiro atoms. The number of anilines is 2. The lowest BCUT2D eigenvalue weighted by Gasteiger charge is -2.34. The third-order valence-electron chi connectivity index (χ3n) is 5.94. The molecule has 0 aliphatic carbocycles. The van der Waals surface area contributed by atoms with E-state index in [1.807, 2.05) is 29.2 Å². The Labute approximate surface area is 169 Å². The fourth-order valence-electron chi connectivity index (χ4n) is 4.17. The lowest BCUT2D eigenvalue weighted by Crippen LogP contribution is -2.40. The summed E-state index contributed by atoms with van der Waals surface area (Å²) in [6.45, 7) is 4.20. The fraction of sp³-hybridized carbons (Fsp3) is 0.364. The van der Waals surface area contributed by atoms with E-state index >= 15 is 0 Å². The number of ether oxygens (including phenoxy) is 1. The van der Waals surface area contributed by atoms with Crippen molar-refractivity contribution in [3.05, 3.63) is 53.6 Å². The molecule has 2 aliphatic heterocycles. The Bertz CT molecular complexity index is 1030. The molecular weight excluding hydrogens is 366 g/mol. The van der Waals surface area contributed by atoms with Crippen molar-refractivity contribution in [1.29, 1.82) is 0 Å². The molecule has 7 nitrogen and oxygen atoms in total.